The van der Waals surface area contributed by atoms with Crippen molar-refractivity contribution < 1.29 is 9.53 Å². The molecule has 1 aliphatic rings. The Balaban J connectivity index is 2.08. The van der Waals surface area contributed by atoms with Gasteiger partial charge in [0.15, 0.2) is 5.96 Å². The molecule has 1 fully saturated rings. The molecule has 0 aliphatic carbocycles. The van der Waals surface area contributed by atoms with Gasteiger partial charge in [-0.1, -0.05) is 6.58 Å². The summed E-state index contributed by atoms with van der Waals surface area (Å²) in [5, 5.41) is 12.9. The maximum Gasteiger partial charge on any atom is 0.247 e. The van der Waals surface area contributed by atoms with Crippen molar-refractivity contribution in [2.75, 3.05) is 55.9 Å². The summed E-state index contributed by atoms with van der Waals surface area (Å²) in [7, 11) is 3.87. The van der Waals surface area contributed by atoms with Crippen LogP contribution in [0.2, 0.25) is 0 Å². The second kappa shape index (κ2) is 9.94. The second-order valence-corrected chi connectivity index (χ2v) is 6.65. The number of likely N-dealkylation sites (N-methyl/N-ethyl adjacent to an activating group) is 1. The maximum absolute atomic E-state index is 11.7. The molecule has 1 heterocycles. The number of anilines is 3. The Hall–Kier alpha value is -2.58. The smallest absolute Gasteiger partial charge is 0.247 e. The molecule has 0 atom stereocenters. The van der Waals surface area contributed by atoms with Crippen molar-refractivity contribution in [1.82, 2.24) is 4.90 Å². The third-order valence-electron chi connectivity index (χ3n) is 4.82. The molecule has 0 radical (unpaired) electrons. The zero-order valence-electron chi connectivity index (χ0n) is 16.1. The van der Waals surface area contributed by atoms with Crippen LogP contribution >= 0.6 is 0 Å². The summed E-state index contributed by atoms with van der Waals surface area (Å²) >= 11 is 0. The Bertz CT molecular complexity index is 670. The van der Waals surface area contributed by atoms with Gasteiger partial charge in [0.1, 0.15) is 0 Å². The molecule has 2 rings (SSSR count). The first-order valence-corrected chi connectivity index (χ1v) is 9.07. The first-order valence-electron chi connectivity index (χ1n) is 9.07. The Kier molecular flexibility index (Phi) is 7.63. The molecule has 1 saturated heterocycles. The van der Waals surface area contributed by atoms with Crippen molar-refractivity contribution in [3.63, 3.8) is 0 Å². The highest BCUT2D eigenvalue weighted by molar-refractivity contribution is 6.04. The predicted octanol–water partition coefficient (Wildman–Crippen LogP) is 1.66. The van der Waals surface area contributed by atoms with Gasteiger partial charge in [-0.15, -0.1) is 0 Å². The lowest BCUT2D eigenvalue weighted by Gasteiger charge is -2.38. The van der Waals surface area contributed by atoms with E-state index in [0.29, 0.717) is 17.4 Å². The number of carbonyl (C=O) groups is 1. The molecule has 5 N–H and O–H groups in total. The minimum atomic E-state index is -0.308. The highest BCUT2D eigenvalue weighted by atomic mass is 16.5. The second-order valence-electron chi connectivity index (χ2n) is 6.65. The van der Waals surface area contributed by atoms with Crippen LogP contribution in [0, 0.1) is 5.41 Å². The fraction of sp³-hybridized carbons (Fsp3) is 0.474. The third-order valence-corrected chi connectivity index (χ3v) is 4.82. The molecule has 8 nitrogen and oxygen atoms in total. The molecule has 1 amide bonds. The first-order chi connectivity index (χ1) is 12.9. The topological polar surface area (TPSA) is 107 Å². The standard InChI is InChI=1S/C19H30N6O2/c1-4-18(26)22-17-13-15(5-6-16(17)23-19(20)21)25-9-7-14(8-10-25)24(2)11-12-27-3/h4-6,13-14H,1,7-12H2,2-3H3,(H,22,26)(H4,20,21,23). The van der Waals surface area contributed by atoms with Crippen LogP contribution < -0.4 is 21.3 Å². The molecular formula is C19H30N6O2. The third kappa shape index (κ3) is 5.97. The van der Waals surface area contributed by atoms with Gasteiger partial charge in [0.25, 0.3) is 0 Å². The minimum Gasteiger partial charge on any atom is -0.383 e. The van der Waals surface area contributed by atoms with Crippen LogP contribution in [0.5, 0.6) is 0 Å². The molecule has 1 aromatic carbocycles. The molecule has 27 heavy (non-hydrogen) atoms. The van der Waals surface area contributed by atoms with E-state index in [1.54, 1.807) is 7.11 Å². The largest absolute Gasteiger partial charge is 0.383 e. The van der Waals surface area contributed by atoms with E-state index >= 15 is 0 Å². The average Bonchev–Trinajstić information content (AvgIpc) is 2.67. The van der Waals surface area contributed by atoms with E-state index in [4.69, 9.17) is 15.9 Å². The number of hydrogen-bond acceptors (Lipinski definition) is 5. The highest BCUT2D eigenvalue weighted by Crippen LogP contribution is 2.30. The van der Waals surface area contributed by atoms with Crippen LogP contribution in [-0.4, -0.2) is 63.2 Å². The molecule has 148 valence electrons. The minimum absolute atomic E-state index is 0.184. The molecule has 0 spiro atoms. The van der Waals surface area contributed by atoms with E-state index in [1.807, 2.05) is 18.2 Å². The van der Waals surface area contributed by atoms with E-state index in [0.717, 1.165) is 44.8 Å². The van der Waals surface area contributed by atoms with Gasteiger partial charge >= 0.3 is 0 Å². The summed E-state index contributed by atoms with van der Waals surface area (Å²) in [6.07, 6.45) is 3.36. The van der Waals surface area contributed by atoms with E-state index < -0.39 is 0 Å². The first kappa shape index (κ1) is 20.7. The van der Waals surface area contributed by atoms with Crippen molar-refractivity contribution in [1.29, 1.82) is 5.41 Å². The zero-order valence-corrected chi connectivity index (χ0v) is 16.1. The number of hydrogen-bond donors (Lipinski definition) is 4. The number of guanidine groups is 1. The number of nitrogens with zero attached hydrogens (tertiary/aromatic N) is 2. The summed E-state index contributed by atoms with van der Waals surface area (Å²) in [5.74, 6) is -0.492. The molecule has 1 aromatic rings. The quantitative estimate of drug-likeness (QED) is 0.313. The number of nitrogens with one attached hydrogen (secondary N) is 3. The van der Waals surface area contributed by atoms with Crippen molar-refractivity contribution in [2.45, 2.75) is 18.9 Å². The van der Waals surface area contributed by atoms with Crippen molar-refractivity contribution >= 4 is 28.9 Å². The summed E-state index contributed by atoms with van der Waals surface area (Å²) in [5.41, 5.74) is 7.62. The number of methoxy groups -OCH3 is 1. The molecular weight excluding hydrogens is 344 g/mol. The normalized spacial score (nSPS) is 14.9. The van der Waals surface area contributed by atoms with Gasteiger partial charge in [-0.3, -0.25) is 10.2 Å². The lowest BCUT2D eigenvalue weighted by Crippen LogP contribution is -2.44. The van der Waals surface area contributed by atoms with E-state index in [1.165, 1.54) is 6.08 Å². The van der Waals surface area contributed by atoms with Crippen LogP contribution in [-0.2, 0) is 9.53 Å². The van der Waals surface area contributed by atoms with Crippen LogP contribution in [0.1, 0.15) is 12.8 Å². The molecule has 0 saturated carbocycles. The van der Waals surface area contributed by atoms with Gasteiger partial charge in [-0.05, 0) is 44.2 Å². The van der Waals surface area contributed by atoms with Crippen molar-refractivity contribution in [3.05, 3.63) is 30.9 Å². The lowest BCUT2D eigenvalue weighted by atomic mass is 10.0. The summed E-state index contributed by atoms with van der Waals surface area (Å²) < 4.78 is 5.16. The molecule has 8 heteroatoms. The van der Waals surface area contributed by atoms with E-state index in [-0.39, 0.29) is 11.9 Å². The summed E-state index contributed by atoms with van der Waals surface area (Å²) in [6.45, 7) is 7.04. The van der Waals surface area contributed by atoms with Gasteiger partial charge in [0, 0.05) is 38.5 Å². The van der Waals surface area contributed by atoms with Gasteiger partial charge in [-0.2, -0.15) is 0 Å². The number of piperidine rings is 1. The van der Waals surface area contributed by atoms with Crippen LogP contribution in [0.3, 0.4) is 0 Å². The van der Waals surface area contributed by atoms with Crippen molar-refractivity contribution in [3.8, 4) is 0 Å². The number of benzene rings is 1. The maximum atomic E-state index is 11.7. The number of ether oxygens (including phenoxy) is 1. The van der Waals surface area contributed by atoms with Crippen LogP contribution in [0.15, 0.2) is 30.9 Å². The summed E-state index contributed by atoms with van der Waals surface area (Å²) in [6, 6.07) is 6.26. The Morgan fingerprint density at radius 1 is 1.41 bits per heavy atom. The number of carbonyl (C=O) groups excluding carboxylic acids is 1. The lowest BCUT2D eigenvalue weighted by molar-refractivity contribution is -0.111. The monoisotopic (exact) mass is 374 g/mol. The fourth-order valence-electron chi connectivity index (χ4n) is 3.25. The highest BCUT2D eigenvalue weighted by Gasteiger charge is 2.23. The Labute approximate surface area is 160 Å². The molecule has 0 bridgehead atoms. The van der Waals surface area contributed by atoms with Gasteiger partial charge in [0.05, 0.1) is 18.0 Å². The average molecular weight is 374 g/mol. The number of amides is 1. The number of rotatable bonds is 8. The SMILES string of the molecule is C=CC(=O)Nc1cc(N2CCC(N(C)CCOC)CC2)ccc1NC(=N)N. The Morgan fingerprint density at radius 3 is 2.70 bits per heavy atom. The van der Waals surface area contributed by atoms with E-state index in [2.05, 4.69) is 34.1 Å². The summed E-state index contributed by atoms with van der Waals surface area (Å²) in [4.78, 5) is 16.4. The molecule has 0 aromatic heterocycles. The Morgan fingerprint density at radius 2 is 2.11 bits per heavy atom. The van der Waals surface area contributed by atoms with Crippen molar-refractivity contribution in [2.24, 2.45) is 5.73 Å². The molecule has 1 aliphatic heterocycles. The van der Waals surface area contributed by atoms with Crippen LogP contribution in [0.25, 0.3) is 0 Å². The van der Waals surface area contributed by atoms with Gasteiger partial charge in [0.2, 0.25) is 5.91 Å². The molecule has 0 unspecified atom stereocenters. The van der Waals surface area contributed by atoms with Gasteiger partial charge in [-0.25, -0.2) is 0 Å². The predicted molar refractivity (Wildman–Crippen MR) is 111 cm³/mol. The zero-order chi connectivity index (χ0) is 19.8. The number of nitrogens with two attached hydrogens (primary N) is 1. The van der Waals surface area contributed by atoms with E-state index in [9.17, 15) is 4.79 Å². The van der Waals surface area contributed by atoms with Crippen LogP contribution in [0.4, 0.5) is 17.1 Å². The fourth-order valence-corrected chi connectivity index (χ4v) is 3.25. The van der Waals surface area contributed by atoms with Gasteiger partial charge < -0.3 is 30.9 Å².